The van der Waals surface area contributed by atoms with Crippen molar-refractivity contribution >= 4 is 23.3 Å². The second kappa shape index (κ2) is 5.11. The summed E-state index contributed by atoms with van der Waals surface area (Å²) < 4.78 is 41.1. The highest BCUT2D eigenvalue weighted by Gasteiger charge is 2.48. The van der Waals surface area contributed by atoms with E-state index in [1.807, 2.05) is 0 Å². The molecule has 10 heteroatoms. The Morgan fingerprint density at radius 3 is 2.48 bits per heavy atom. The van der Waals surface area contributed by atoms with E-state index in [0.29, 0.717) is 37.3 Å². The predicted molar refractivity (Wildman–Crippen MR) is 81.0 cm³/mol. The molecule has 2 N–H and O–H groups in total. The number of imide groups is 1. The Morgan fingerprint density at radius 2 is 1.88 bits per heavy atom. The van der Waals surface area contributed by atoms with Gasteiger partial charge in [-0.25, -0.2) is 9.78 Å². The third-order valence-corrected chi connectivity index (χ3v) is 4.78. The summed E-state index contributed by atoms with van der Waals surface area (Å²) >= 11 is 0. The van der Waals surface area contributed by atoms with Crippen LogP contribution in [0.5, 0.6) is 0 Å². The van der Waals surface area contributed by atoms with Crippen molar-refractivity contribution in [2.75, 3.05) is 18.0 Å². The van der Waals surface area contributed by atoms with E-state index >= 15 is 0 Å². The summed E-state index contributed by atoms with van der Waals surface area (Å²) in [6.07, 6.45) is -1.00. The van der Waals surface area contributed by atoms with Crippen molar-refractivity contribution < 1.29 is 22.8 Å². The maximum atomic E-state index is 13.2. The molecule has 25 heavy (non-hydrogen) atoms. The van der Waals surface area contributed by atoms with Crippen LogP contribution in [0.25, 0.3) is 5.52 Å². The largest absolute Gasteiger partial charge is 0.416 e. The van der Waals surface area contributed by atoms with Crippen molar-refractivity contribution in [3.05, 3.63) is 30.2 Å². The molecule has 0 saturated carbocycles. The van der Waals surface area contributed by atoms with Crippen molar-refractivity contribution in [2.24, 2.45) is 0 Å². The predicted octanol–water partition coefficient (Wildman–Crippen LogP) is 1.53. The first-order chi connectivity index (χ1) is 11.8. The lowest BCUT2D eigenvalue weighted by atomic mass is 9.87. The maximum Gasteiger partial charge on any atom is 0.416 e. The fourth-order valence-electron chi connectivity index (χ4n) is 3.42. The molecule has 0 radical (unpaired) electrons. The molecule has 3 amide bonds. The number of halogens is 3. The number of fused-ring (bicyclic) bond motifs is 1. The average Bonchev–Trinajstić information content (AvgIpc) is 3.11. The van der Waals surface area contributed by atoms with Gasteiger partial charge in [-0.15, -0.1) is 0 Å². The van der Waals surface area contributed by atoms with Gasteiger partial charge in [0.25, 0.3) is 5.91 Å². The summed E-state index contributed by atoms with van der Waals surface area (Å²) in [6, 6.07) is 1.60. The monoisotopic (exact) mass is 353 g/mol. The molecule has 2 aromatic rings. The third-order valence-electron chi connectivity index (χ3n) is 4.78. The number of urea groups is 1. The standard InChI is InChI=1S/C15H14F3N5O2/c16-15(17,18)9-5-10-7-19-8-23(10)11(6-9)22-3-1-14(2-4-22)12(24)20-13(25)21-14/h5-8H,1-4H2,(H2,20,21,24,25). The van der Waals surface area contributed by atoms with Gasteiger partial charge >= 0.3 is 12.2 Å². The molecular formula is C15H14F3N5O2. The average molecular weight is 353 g/mol. The molecule has 2 saturated heterocycles. The van der Waals surface area contributed by atoms with Gasteiger partial charge in [0.1, 0.15) is 17.7 Å². The molecular weight excluding hydrogens is 339 g/mol. The first-order valence-electron chi connectivity index (χ1n) is 7.70. The summed E-state index contributed by atoms with van der Waals surface area (Å²) in [4.78, 5) is 29.1. The molecule has 0 atom stereocenters. The van der Waals surface area contributed by atoms with Crippen LogP contribution >= 0.6 is 0 Å². The number of imidazole rings is 1. The SMILES string of the molecule is O=C1NC(=O)C2(CCN(c3cc(C(F)(F)F)cc4cncn34)CC2)N1. The lowest BCUT2D eigenvalue weighted by Crippen LogP contribution is -2.55. The van der Waals surface area contributed by atoms with E-state index in [1.54, 1.807) is 9.30 Å². The van der Waals surface area contributed by atoms with Gasteiger partial charge in [0.15, 0.2) is 0 Å². The van der Waals surface area contributed by atoms with Crippen molar-refractivity contribution in [3.8, 4) is 0 Å². The number of rotatable bonds is 1. The fraction of sp³-hybridized carbons (Fsp3) is 0.400. The summed E-state index contributed by atoms with van der Waals surface area (Å²) in [5, 5.41) is 4.85. The van der Waals surface area contributed by atoms with Crippen LogP contribution < -0.4 is 15.5 Å². The number of hydrogen-bond donors (Lipinski definition) is 2. The molecule has 2 aliphatic rings. The number of aromatic nitrogens is 2. The minimum atomic E-state index is -4.46. The van der Waals surface area contributed by atoms with Gasteiger partial charge in [0, 0.05) is 13.1 Å². The van der Waals surface area contributed by atoms with E-state index in [0.717, 1.165) is 12.1 Å². The van der Waals surface area contributed by atoms with Gasteiger partial charge in [-0.1, -0.05) is 0 Å². The summed E-state index contributed by atoms with van der Waals surface area (Å²) in [7, 11) is 0. The van der Waals surface area contributed by atoms with Crippen LogP contribution in [0.4, 0.5) is 23.8 Å². The number of carbonyl (C=O) groups excluding carboxylic acids is 2. The van der Waals surface area contributed by atoms with E-state index in [-0.39, 0.29) is 5.91 Å². The molecule has 132 valence electrons. The first-order valence-corrected chi connectivity index (χ1v) is 7.70. The lowest BCUT2D eigenvalue weighted by molar-refractivity contribution is -0.137. The number of amides is 3. The Bertz CT molecular complexity index is 868. The number of nitrogens with one attached hydrogen (secondary N) is 2. The van der Waals surface area contributed by atoms with E-state index in [4.69, 9.17) is 0 Å². The van der Waals surface area contributed by atoms with E-state index < -0.39 is 23.3 Å². The quantitative estimate of drug-likeness (QED) is 0.762. The zero-order valence-corrected chi connectivity index (χ0v) is 12.9. The van der Waals surface area contributed by atoms with Crippen LogP contribution in [0, 0.1) is 0 Å². The van der Waals surface area contributed by atoms with Crippen LogP contribution in [-0.2, 0) is 11.0 Å². The number of alkyl halides is 3. The number of carbonyl (C=O) groups is 2. The number of piperidine rings is 1. The highest BCUT2D eigenvalue weighted by molar-refractivity contribution is 6.07. The van der Waals surface area contributed by atoms with Crippen molar-refractivity contribution in [1.82, 2.24) is 20.0 Å². The summed E-state index contributed by atoms with van der Waals surface area (Å²) in [5.41, 5.74) is -1.37. The lowest BCUT2D eigenvalue weighted by Gasteiger charge is -2.38. The topological polar surface area (TPSA) is 78.7 Å². The van der Waals surface area contributed by atoms with Gasteiger partial charge in [-0.2, -0.15) is 13.2 Å². The second-order valence-electron chi connectivity index (χ2n) is 6.27. The van der Waals surface area contributed by atoms with Gasteiger partial charge in [-0.3, -0.25) is 14.5 Å². The smallest absolute Gasteiger partial charge is 0.357 e. The highest BCUT2D eigenvalue weighted by atomic mass is 19.4. The maximum absolute atomic E-state index is 13.2. The number of anilines is 1. The van der Waals surface area contributed by atoms with Gasteiger partial charge in [0.05, 0.1) is 17.3 Å². The molecule has 2 aromatic heterocycles. The molecule has 0 aromatic carbocycles. The van der Waals surface area contributed by atoms with Crippen LogP contribution in [-0.4, -0.2) is 40.0 Å². The van der Waals surface area contributed by atoms with Crippen LogP contribution in [0.3, 0.4) is 0 Å². The van der Waals surface area contributed by atoms with Crippen LogP contribution in [0.2, 0.25) is 0 Å². The zero-order valence-electron chi connectivity index (χ0n) is 12.9. The zero-order chi connectivity index (χ0) is 17.8. The molecule has 0 unspecified atom stereocenters. The number of hydrogen-bond acceptors (Lipinski definition) is 4. The van der Waals surface area contributed by atoms with Gasteiger partial charge < -0.3 is 10.2 Å². The molecule has 2 aliphatic heterocycles. The number of pyridine rings is 1. The number of nitrogens with zero attached hydrogens (tertiary/aromatic N) is 3. The van der Waals surface area contributed by atoms with Crippen molar-refractivity contribution in [2.45, 2.75) is 24.6 Å². The Labute approximate surface area is 139 Å². The molecule has 7 nitrogen and oxygen atoms in total. The van der Waals surface area contributed by atoms with Gasteiger partial charge in [0.2, 0.25) is 0 Å². The normalized spacial score (nSPS) is 20.2. The Morgan fingerprint density at radius 1 is 1.16 bits per heavy atom. The first kappa shape index (κ1) is 15.7. The van der Waals surface area contributed by atoms with Crippen molar-refractivity contribution in [1.29, 1.82) is 0 Å². The third kappa shape index (κ3) is 2.48. The van der Waals surface area contributed by atoms with Gasteiger partial charge in [-0.05, 0) is 25.0 Å². The minimum absolute atomic E-state index is 0.316. The van der Waals surface area contributed by atoms with Crippen LogP contribution in [0.1, 0.15) is 18.4 Å². The molecule has 4 rings (SSSR count). The highest BCUT2D eigenvalue weighted by Crippen LogP contribution is 2.35. The minimum Gasteiger partial charge on any atom is -0.357 e. The Hall–Kier alpha value is -2.78. The van der Waals surface area contributed by atoms with Crippen molar-refractivity contribution in [3.63, 3.8) is 0 Å². The van der Waals surface area contributed by atoms with Crippen LogP contribution in [0.15, 0.2) is 24.7 Å². The Balaban J connectivity index is 1.66. The molecule has 0 bridgehead atoms. The van der Waals surface area contributed by atoms with E-state index in [2.05, 4.69) is 15.6 Å². The fourth-order valence-corrected chi connectivity index (χ4v) is 3.42. The summed E-state index contributed by atoms with van der Waals surface area (Å²) in [5.74, 6) is -0.0177. The summed E-state index contributed by atoms with van der Waals surface area (Å²) in [6.45, 7) is 0.671. The molecule has 1 spiro atoms. The molecule has 0 aliphatic carbocycles. The molecule has 2 fully saturated rings. The van der Waals surface area contributed by atoms with E-state index in [1.165, 1.54) is 12.5 Å². The molecule has 4 heterocycles. The van der Waals surface area contributed by atoms with E-state index in [9.17, 15) is 22.8 Å². The Kier molecular flexibility index (Phi) is 3.21. The second-order valence-corrected chi connectivity index (χ2v) is 6.27.